The first kappa shape index (κ1) is 10.0. The van der Waals surface area contributed by atoms with Crippen molar-refractivity contribution in [3.05, 3.63) is 22.8 Å². The normalized spacial score (nSPS) is 19.4. The van der Waals surface area contributed by atoms with Crippen molar-refractivity contribution in [2.24, 2.45) is 0 Å². The zero-order valence-corrected chi connectivity index (χ0v) is 9.44. The summed E-state index contributed by atoms with van der Waals surface area (Å²) in [6.07, 6.45) is 15.0. The highest BCUT2D eigenvalue weighted by molar-refractivity contribution is 5.43. The number of hydrogen-bond donors (Lipinski definition) is 0. The van der Waals surface area contributed by atoms with E-state index in [0.29, 0.717) is 0 Å². The quantitative estimate of drug-likeness (QED) is 0.529. The molecule has 0 unspecified atom stereocenters. The van der Waals surface area contributed by atoms with Crippen LogP contribution in [-0.2, 0) is 0 Å². The number of hydrogen-bond acceptors (Lipinski definition) is 0. The molecule has 2 rings (SSSR count). The molecule has 0 nitrogen and oxygen atoms in total. The second-order valence-electron chi connectivity index (χ2n) is 4.77. The standard InChI is InChI=1S/C14H22/c1-2-3-4-5-6-7-13-10-12-8-9-14(13)11-12/h10H,2-9,11H2,1H3. The molecule has 0 heteroatoms. The average Bonchev–Trinajstić information content (AvgIpc) is 2.79. The second-order valence-corrected chi connectivity index (χ2v) is 4.77. The Morgan fingerprint density at radius 3 is 2.57 bits per heavy atom. The molecular formula is C14H22. The van der Waals surface area contributed by atoms with Crippen LogP contribution in [0.2, 0.25) is 0 Å². The van der Waals surface area contributed by atoms with Crippen molar-refractivity contribution in [3.8, 4) is 0 Å². The van der Waals surface area contributed by atoms with Gasteiger partial charge in [0, 0.05) is 0 Å². The first-order chi connectivity index (χ1) is 6.90. The lowest BCUT2D eigenvalue weighted by Gasteiger charge is -2.06. The lowest BCUT2D eigenvalue weighted by atomic mass is 10.0. The Kier molecular flexibility index (Phi) is 3.44. The highest BCUT2D eigenvalue weighted by Gasteiger charge is 2.21. The summed E-state index contributed by atoms with van der Waals surface area (Å²) in [6.45, 7) is 2.28. The summed E-state index contributed by atoms with van der Waals surface area (Å²) in [4.78, 5) is 0. The summed E-state index contributed by atoms with van der Waals surface area (Å²) >= 11 is 0. The minimum Gasteiger partial charge on any atom is -0.0656 e. The third kappa shape index (κ3) is 2.29. The molecule has 2 aliphatic rings. The number of unbranched alkanes of at least 4 members (excludes halogenated alkanes) is 4. The topological polar surface area (TPSA) is 0 Å². The third-order valence-electron chi connectivity index (χ3n) is 3.57. The maximum Gasteiger partial charge on any atom is -0.00992 e. The molecule has 78 valence electrons. The van der Waals surface area contributed by atoms with E-state index in [1.807, 2.05) is 0 Å². The van der Waals surface area contributed by atoms with Gasteiger partial charge in [-0.15, -0.1) is 0 Å². The maximum atomic E-state index is 2.48. The fourth-order valence-electron chi connectivity index (χ4n) is 2.68. The Hall–Kier alpha value is -0.520. The van der Waals surface area contributed by atoms with Crippen molar-refractivity contribution in [1.29, 1.82) is 0 Å². The molecule has 0 amide bonds. The van der Waals surface area contributed by atoms with Crippen molar-refractivity contribution >= 4 is 0 Å². The molecule has 14 heavy (non-hydrogen) atoms. The summed E-state index contributed by atoms with van der Waals surface area (Å²) in [5.41, 5.74) is 5.20. The molecule has 0 aromatic heterocycles. The van der Waals surface area contributed by atoms with Gasteiger partial charge in [0.15, 0.2) is 0 Å². The zero-order valence-electron chi connectivity index (χ0n) is 9.44. The Labute approximate surface area is 88.1 Å². The molecule has 0 radical (unpaired) electrons. The van der Waals surface area contributed by atoms with Crippen molar-refractivity contribution < 1.29 is 0 Å². The van der Waals surface area contributed by atoms with Gasteiger partial charge < -0.3 is 0 Å². The van der Waals surface area contributed by atoms with Gasteiger partial charge in [-0.25, -0.2) is 0 Å². The Morgan fingerprint density at radius 2 is 1.93 bits per heavy atom. The number of allylic oxidation sites excluding steroid dienone is 4. The average molecular weight is 190 g/mol. The maximum absolute atomic E-state index is 2.48. The van der Waals surface area contributed by atoms with E-state index in [-0.39, 0.29) is 0 Å². The van der Waals surface area contributed by atoms with E-state index >= 15 is 0 Å². The molecule has 0 aromatic rings. The molecule has 0 heterocycles. The smallest absolute Gasteiger partial charge is 0.00992 e. The fraction of sp³-hybridized carbons (Fsp3) is 0.714. The molecule has 0 aliphatic heterocycles. The van der Waals surface area contributed by atoms with Gasteiger partial charge in [0.1, 0.15) is 0 Å². The molecule has 2 aliphatic carbocycles. The summed E-state index contributed by atoms with van der Waals surface area (Å²) in [7, 11) is 0. The van der Waals surface area contributed by atoms with Crippen LogP contribution in [-0.4, -0.2) is 0 Å². The number of rotatable bonds is 6. The molecule has 0 saturated heterocycles. The first-order valence-corrected chi connectivity index (χ1v) is 6.30. The van der Waals surface area contributed by atoms with Gasteiger partial charge in [0.25, 0.3) is 0 Å². The third-order valence-corrected chi connectivity index (χ3v) is 3.57. The zero-order chi connectivity index (χ0) is 9.80. The van der Waals surface area contributed by atoms with Gasteiger partial charge in [0.05, 0.1) is 0 Å². The van der Waals surface area contributed by atoms with Gasteiger partial charge in [0.2, 0.25) is 0 Å². The van der Waals surface area contributed by atoms with Crippen molar-refractivity contribution in [2.75, 3.05) is 0 Å². The van der Waals surface area contributed by atoms with E-state index in [0.717, 1.165) is 0 Å². The van der Waals surface area contributed by atoms with Crippen LogP contribution in [0, 0.1) is 0 Å². The molecule has 0 atom stereocenters. The van der Waals surface area contributed by atoms with Gasteiger partial charge in [-0.2, -0.15) is 0 Å². The monoisotopic (exact) mass is 190 g/mol. The molecule has 2 bridgehead atoms. The van der Waals surface area contributed by atoms with E-state index in [2.05, 4.69) is 13.0 Å². The SMILES string of the molecule is CCCCCCCC1=C2CCC(=C1)C2. The Bertz CT molecular complexity index is 255. The molecule has 1 fully saturated rings. The van der Waals surface area contributed by atoms with Crippen LogP contribution < -0.4 is 0 Å². The van der Waals surface area contributed by atoms with Crippen LogP contribution >= 0.6 is 0 Å². The van der Waals surface area contributed by atoms with E-state index in [1.54, 1.807) is 16.7 Å². The van der Waals surface area contributed by atoms with E-state index in [1.165, 1.54) is 57.8 Å². The molecule has 0 N–H and O–H groups in total. The minimum atomic E-state index is 1.34. The van der Waals surface area contributed by atoms with Crippen LogP contribution in [0.5, 0.6) is 0 Å². The summed E-state index contributed by atoms with van der Waals surface area (Å²) in [5.74, 6) is 0. The Morgan fingerprint density at radius 1 is 1.07 bits per heavy atom. The number of fused-ring (bicyclic) bond motifs is 2. The molecule has 0 spiro atoms. The highest BCUT2D eigenvalue weighted by Crippen LogP contribution is 2.40. The van der Waals surface area contributed by atoms with Gasteiger partial charge >= 0.3 is 0 Å². The van der Waals surface area contributed by atoms with Crippen LogP contribution in [0.25, 0.3) is 0 Å². The lowest BCUT2D eigenvalue weighted by molar-refractivity contribution is 0.631. The highest BCUT2D eigenvalue weighted by atomic mass is 14.3. The summed E-state index contributed by atoms with van der Waals surface area (Å²) in [6, 6.07) is 0. The van der Waals surface area contributed by atoms with Crippen LogP contribution in [0.1, 0.15) is 64.7 Å². The van der Waals surface area contributed by atoms with Crippen molar-refractivity contribution in [3.63, 3.8) is 0 Å². The van der Waals surface area contributed by atoms with Crippen LogP contribution in [0.3, 0.4) is 0 Å². The van der Waals surface area contributed by atoms with Crippen LogP contribution in [0.15, 0.2) is 22.8 Å². The lowest BCUT2D eigenvalue weighted by Crippen LogP contribution is -1.86. The minimum absolute atomic E-state index is 1.34. The van der Waals surface area contributed by atoms with Crippen molar-refractivity contribution in [2.45, 2.75) is 64.7 Å². The molecule has 0 aromatic carbocycles. The van der Waals surface area contributed by atoms with Gasteiger partial charge in [-0.3, -0.25) is 0 Å². The second kappa shape index (κ2) is 4.82. The van der Waals surface area contributed by atoms with Gasteiger partial charge in [-0.05, 0) is 37.7 Å². The van der Waals surface area contributed by atoms with E-state index in [4.69, 9.17) is 0 Å². The summed E-state index contributed by atoms with van der Waals surface area (Å²) < 4.78 is 0. The molecule has 1 saturated carbocycles. The first-order valence-electron chi connectivity index (χ1n) is 6.30. The van der Waals surface area contributed by atoms with Crippen molar-refractivity contribution in [1.82, 2.24) is 0 Å². The largest absolute Gasteiger partial charge is 0.0656 e. The van der Waals surface area contributed by atoms with Gasteiger partial charge in [-0.1, -0.05) is 49.8 Å². The predicted octanol–water partition coefficient (Wildman–Crippen LogP) is 4.77. The van der Waals surface area contributed by atoms with E-state index < -0.39 is 0 Å². The van der Waals surface area contributed by atoms with Crippen LogP contribution in [0.4, 0.5) is 0 Å². The van der Waals surface area contributed by atoms with E-state index in [9.17, 15) is 0 Å². The Balaban J connectivity index is 1.65. The predicted molar refractivity (Wildman–Crippen MR) is 62.3 cm³/mol. The fourth-order valence-corrected chi connectivity index (χ4v) is 2.68. The summed E-state index contributed by atoms with van der Waals surface area (Å²) in [5, 5.41) is 0. The molecular weight excluding hydrogens is 168 g/mol.